The van der Waals surface area contributed by atoms with E-state index in [-0.39, 0.29) is 12.1 Å². The van der Waals surface area contributed by atoms with Crippen molar-refractivity contribution in [3.05, 3.63) is 35.4 Å². The Hall–Kier alpha value is -1.04. The predicted molar refractivity (Wildman–Crippen MR) is 74.6 cm³/mol. The molecule has 0 radical (unpaired) electrons. The molecule has 1 fully saturated rings. The van der Waals surface area contributed by atoms with E-state index in [0.29, 0.717) is 6.61 Å². The number of rotatable bonds is 5. The zero-order chi connectivity index (χ0) is 14.5. The van der Waals surface area contributed by atoms with Crippen LogP contribution in [-0.4, -0.2) is 43.8 Å². The van der Waals surface area contributed by atoms with Crippen molar-refractivity contribution >= 4 is 0 Å². The van der Waals surface area contributed by atoms with Crippen molar-refractivity contribution in [2.75, 3.05) is 32.8 Å². The van der Waals surface area contributed by atoms with Crippen LogP contribution < -0.4 is 5.32 Å². The lowest BCUT2D eigenvalue weighted by Crippen LogP contribution is -2.48. The fourth-order valence-electron chi connectivity index (χ4n) is 2.61. The third-order valence-electron chi connectivity index (χ3n) is 3.72. The molecule has 1 aliphatic heterocycles. The van der Waals surface area contributed by atoms with Gasteiger partial charge in [-0.1, -0.05) is 19.9 Å². The van der Waals surface area contributed by atoms with Gasteiger partial charge in [0.2, 0.25) is 0 Å². The summed E-state index contributed by atoms with van der Waals surface area (Å²) in [5.41, 5.74) is 0.730. The second-order valence-electron chi connectivity index (χ2n) is 5.01. The maximum atomic E-state index is 13.4. The summed E-state index contributed by atoms with van der Waals surface area (Å²) in [7, 11) is 0. The first-order valence-corrected chi connectivity index (χ1v) is 7.18. The van der Waals surface area contributed by atoms with Crippen LogP contribution >= 0.6 is 0 Å². The van der Waals surface area contributed by atoms with Gasteiger partial charge < -0.3 is 10.1 Å². The molecule has 0 aromatic heterocycles. The van der Waals surface area contributed by atoms with Crippen molar-refractivity contribution < 1.29 is 13.5 Å². The molecule has 2 rings (SSSR count). The first kappa shape index (κ1) is 15.4. The summed E-state index contributed by atoms with van der Waals surface area (Å²) >= 11 is 0. The van der Waals surface area contributed by atoms with Crippen LogP contribution in [0, 0.1) is 11.6 Å². The SMILES string of the molecule is CCNC(c1ccc(F)c(F)c1)C1CN(CC)CCO1. The number of likely N-dealkylation sites (N-methyl/N-ethyl adjacent to an activating group) is 2. The molecule has 2 atom stereocenters. The topological polar surface area (TPSA) is 24.5 Å². The first-order valence-electron chi connectivity index (χ1n) is 7.18. The molecule has 2 unspecified atom stereocenters. The van der Waals surface area contributed by atoms with Gasteiger partial charge in [-0.05, 0) is 30.8 Å². The van der Waals surface area contributed by atoms with Crippen molar-refractivity contribution in [3.63, 3.8) is 0 Å². The lowest BCUT2D eigenvalue weighted by atomic mass is 9.99. The summed E-state index contributed by atoms with van der Waals surface area (Å²) < 4.78 is 32.3. The average molecular weight is 284 g/mol. The molecule has 0 bridgehead atoms. The van der Waals surface area contributed by atoms with Crippen LogP contribution in [0.3, 0.4) is 0 Å². The lowest BCUT2D eigenvalue weighted by molar-refractivity contribution is -0.0454. The molecule has 20 heavy (non-hydrogen) atoms. The Balaban J connectivity index is 2.18. The zero-order valence-corrected chi connectivity index (χ0v) is 12.0. The molecule has 0 amide bonds. The molecule has 5 heteroatoms. The molecule has 1 saturated heterocycles. The van der Waals surface area contributed by atoms with E-state index in [1.165, 1.54) is 12.1 Å². The van der Waals surface area contributed by atoms with Crippen molar-refractivity contribution in [3.8, 4) is 0 Å². The van der Waals surface area contributed by atoms with Gasteiger partial charge in [0, 0.05) is 13.1 Å². The number of nitrogens with one attached hydrogen (secondary N) is 1. The van der Waals surface area contributed by atoms with Crippen molar-refractivity contribution in [2.45, 2.75) is 26.0 Å². The summed E-state index contributed by atoms with van der Waals surface area (Å²) in [6.45, 7) is 8.21. The molecule has 1 aromatic rings. The number of ether oxygens (including phenoxy) is 1. The molecule has 3 nitrogen and oxygen atoms in total. The summed E-state index contributed by atoms with van der Waals surface area (Å²) in [6.07, 6.45) is -0.0477. The molecule has 0 spiro atoms. The Morgan fingerprint density at radius 2 is 2.15 bits per heavy atom. The predicted octanol–water partition coefficient (Wildman–Crippen LogP) is 2.34. The fourth-order valence-corrected chi connectivity index (χ4v) is 2.61. The van der Waals surface area contributed by atoms with Crippen LogP contribution in [0.4, 0.5) is 8.78 Å². The van der Waals surface area contributed by atoms with Gasteiger partial charge in [0.15, 0.2) is 11.6 Å². The third kappa shape index (κ3) is 3.53. The van der Waals surface area contributed by atoms with Crippen LogP contribution in [-0.2, 0) is 4.74 Å². The smallest absolute Gasteiger partial charge is 0.159 e. The number of morpholine rings is 1. The number of hydrogen-bond acceptors (Lipinski definition) is 3. The molecule has 0 saturated carbocycles. The van der Waals surface area contributed by atoms with Gasteiger partial charge >= 0.3 is 0 Å². The summed E-state index contributed by atoms with van der Waals surface area (Å²) in [6, 6.07) is 3.94. The number of benzene rings is 1. The van der Waals surface area contributed by atoms with E-state index in [0.717, 1.165) is 31.7 Å². The minimum atomic E-state index is -0.816. The van der Waals surface area contributed by atoms with E-state index in [1.54, 1.807) is 6.07 Å². The van der Waals surface area contributed by atoms with E-state index in [9.17, 15) is 8.78 Å². The van der Waals surface area contributed by atoms with Crippen molar-refractivity contribution in [1.82, 2.24) is 10.2 Å². The molecule has 1 heterocycles. The van der Waals surface area contributed by atoms with Crippen LogP contribution in [0.5, 0.6) is 0 Å². The molecular formula is C15H22F2N2O. The Bertz CT molecular complexity index is 442. The standard InChI is InChI=1S/C15H22F2N2O/c1-3-18-15(11-5-6-12(16)13(17)9-11)14-10-19(4-2)7-8-20-14/h5-6,9,14-15,18H,3-4,7-8,10H2,1-2H3. The maximum absolute atomic E-state index is 13.4. The van der Waals surface area contributed by atoms with Crippen LogP contribution in [0.1, 0.15) is 25.5 Å². The van der Waals surface area contributed by atoms with E-state index < -0.39 is 11.6 Å². The molecule has 1 aromatic carbocycles. The highest BCUT2D eigenvalue weighted by molar-refractivity contribution is 5.22. The third-order valence-corrected chi connectivity index (χ3v) is 3.72. The monoisotopic (exact) mass is 284 g/mol. The van der Waals surface area contributed by atoms with E-state index >= 15 is 0 Å². The Labute approximate surface area is 118 Å². The van der Waals surface area contributed by atoms with Crippen molar-refractivity contribution in [2.24, 2.45) is 0 Å². The van der Waals surface area contributed by atoms with Gasteiger partial charge in [-0.15, -0.1) is 0 Å². The largest absolute Gasteiger partial charge is 0.374 e. The second kappa shape index (κ2) is 7.11. The van der Waals surface area contributed by atoms with Crippen LogP contribution in [0.15, 0.2) is 18.2 Å². The highest BCUT2D eigenvalue weighted by atomic mass is 19.2. The number of halogens is 2. The van der Waals surface area contributed by atoms with E-state index in [1.807, 2.05) is 6.92 Å². The van der Waals surface area contributed by atoms with Crippen LogP contribution in [0.2, 0.25) is 0 Å². The zero-order valence-electron chi connectivity index (χ0n) is 12.0. The average Bonchev–Trinajstić information content (AvgIpc) is 2.48. The van der Waals surface area contributed by atoms with Gasteiger partial charge in [-0.2, -0.15) is 0 Å². The quantitative estimate of drug-likeness (QED) is 0.898. The minimum absolute atomic E-state index is 0.0477. The molecule has 112 valence electrons. The Morgan fingerprint density at radius 3 is 2.80 bits per heavy atom. The number of nitrogens with zero attached hydrogens (tertiary/aromatic N) is 1. The summed E-state index contributed by atoms with van der Waals surface area (Å²) in [4.78, 5) is 2.30. The highest BCUT2D eigenvalue weighted by Gasteiger charge is 2.28. The summed E-state index contributed by atoms with van der Waals surface area (Å²) in [5, 5.41) is 3.32. The van der Waals surface area contributed by atoms with Gasteiger partial charge in [0.05, 0.1) is 18.8 Å². The van der Waals surface area contributed by atoms with E-state index in [4.69, 9.17) is 4.74 Å². The Morgan fingerprint density at radius 1 is 1.35 bits per heavy atom. The van der Waals surface area contributed by atoms with Crippen LogP contribution in [0.25, 0.3) is 0 Å². The van der Waals surface area contributed by atoms with Gasteiger partial charge in [-0.25, -0.2) is 8.78 Å². The first-order chi connectivity index (χ1) is 9.65. The fraction of sp³-hybridized carbons (Fsp3) is 0.600. The lowest BCUT2D eigenvalue weighted by Gasteiger charge is -2.37. The van der Waals surface area contributed by atoms with Crippen molar-refractivity contribution in [1.29, 1.82) is 0 Å². The molecule has 1 N–H and O–H groups in total. The summed E-state index contributed by atoms with van der Waals surface area (Å²) in [5.74, 6) is -1.63. The second-order valence-corrected chi connectivity index (χ2v) is 5.01. The number of hydrogen-bond donors (Lipinski definition) is 1. The van der Waals surface area contributed by atoms with Gasteiger partial charge in [-0.3, -0.25) is 4.90 Å². The Kier molecular flexibility index (Phi) is 5.46. The van der Waals surface area contributed by atoms with Gasteiger partial charge in [0.1, 0.15) is 0 Å². The van der Waals surface area contributed by atoms with Gasteiger partial charge in [0.25, 0.3) is 0 Å². The maximum Gasteiger partial charge on any atom is 0.159 e. The normalized spacial score (nSPS) is 21.9. The molecule has 0 aliphatic carbocycles. The molecular weight excluding hydrogens is 262 g/mol. The van der Waals surface area contributed by atoms with E-state index in [2.05, 4.69) is 17.1 Å². The minimum Gasteiger partial charge on any atom is -0.374 e. The molecule has 1 aliphatic rings. The highest BCUT2D eigenvalue weighted by Crippen LogP contribution is 2.24.